The van der Waals surface area contributed by atoms with Gasteiger partial charge in [-0.25, -0.2) is 4.98 Å². The van der Waals surface area contributed by atoms with E-state index < -0.39 is 0 Å². The summed E-state index contributed by atoms with van der Waals surface area (Å²) in [5.41, 5.74) is 1.36. The molecule has 10 heteroatoms. The fraction of sp³-hybridized carbons (Fsp3) is 0.125. The zero-order valence-electron chi connectivity index (χ0n) is 13.6. The van der Waals surface area contributed by atoms with Crippen molar-refractivity contribution in [1.29, 1.82) is 0 Å². The summed E-state index contributed by atoms with van der Waals surface area (Å²) in [7, 11) is 1.62. The standard InChI is InChI=1S/C16H14ClN5O2S2/c1-24-11-6-4-10(5-7-11)19-15-21-22-16(26-15)25-9-13(23)20-12-3-2-8-18-14(12)17/h2-8H,9H2,1H3,(H,19,21)(H,20,23). The van der Waals surface area contributed by atoms with Gasteiger partial charge in [0.15, 0.2) is 9.49 Å². The van der Waals surface area contributed by atoms with Gasteiger partial charge in [0, 0.05) is 11.9 Å². The van der Waals surface area contributed by atoms with Gasteiger partial charge < -0.3 is 15.4 Å². The maximum absolute atomic E-state index is 12.0. The number of rotatable bonds is 7. The van der Waals surface area contributed by atoms with Crippen molar-refractivity contribution < 1.29 is 9.53 Å². The summed E-state index contributed by atoms with van der Waals surface area (Å²) in [5, 5.41) is 14.9. The number of benzene rings is 1. The normalized spacial score (nSPS) is 10.4. The number of thioether (sulfide) groups is 1. The predicted molar refractivity (Wildman–Crippen MR) is 105 cm³/mol. The number of ether oxygens (including phenoxy) is 1. The number of carbonyl (C=O) groups excluding carboxylic acids is 1. The number of carbonyl (C=O) groups is 1. The average Bonchev–Trinajstić information content (AvgIpc) is 3.10. The Labute approximate surface area is 163 Å². The van der Waals surface area contributed by atoms with E-state index in [0.717, 1.165) is 11.4 Å². The molecule has 0 bridgehead atoms. The lowest BCUT2D eigenvalue weighted by molar-refractivity contribution is -0.113. The largest absolute Gasteiger partial charge is 0.497 e. The first-order chi connectivity index (χ1) is 12.6. The van der Waals surface area contributed by atoms with Crippen molar-refractivity contribution >= 4 is 57.1 Å². The van der Waals surface area contributed by atoms with E-state index in [9.17, 15) is 4.79 Å². The maximum Gasteiger partial charge on any atom is 0.234 e. The Morgan fingerprint density at radius 3 is 2.81 bits per heavy atom. The van der Waals surface area contributed by atoms with Crippen LogP contribution in [0.4, 0.5) is 16.5 Å². The lowest BCUT2D eigenvalue weighted by Gasteiger charge is -2.04. The summed E-state index contributed by atoms with van der Waals surface area (Å²) in [6.07, 6.45) is 1.56. The van der Waals surface area contributed by atoms with E-state index >= 15 is 0 Å². The van der Waals surface area contributed by atoms with Crippen LogP contribution in [0.1, 0.15) is 0 Å². The minimum absolute atomic E-state index is 0.190. The molecule has 0 atom stereocenters. The summed E-state index contributed by atoms with van der Waals surface area (Å²) < 4.78 is 5.81. The average molecular weight is 408 g/mol. The first kappa shape index (κ1) is 18.4. The number of amides is 1. The van der Waals surface area contributed by atoms with E-state index in [-0.39, 0.29) is 16.8 Å². The fourth-order valence-corrected chi connectivity index (χ4v) is 3.65. The minimum atomic E-state index is -0.190. The highest BCUT2D eigenvalue weighted by atomic mass is 35.5. The van der Waals surface area contributed by atoms with E-state index in [0.29, 0.717) is 15.2 Å². The van der Waals surface area contributed by atoms with Crippen LogP contribution < -0.4 is 15.4 Å². The number of nitrogens with zero attached hydrogens (tertiary/aromatic N) is 3. The Balaban J connectivity index is 1.51. The second kappa shape index (κ2) is 8.84. The van der Waals surface area contributed by atoms with Gasteiger partial charge in [0.1, 0.15) is 5.75 Å². The molecule has 0 radical (unpaired) electrons. The molecule has 2 aromatic heterocycles. The zero-order chi connectivity index (χ0) is 18.4. The van der Waals surface area contributed by atoms with Crippen molar-refractivity contribution in [3.8, 4) is 5.75 Å². The third kappa shape index (κ3) is 5.07. The number of hydrogen-bond donors (Lipinski definition) is 2. The maximum atomic E-state index is 12.0. The Morgan fingerprint density at radius 2 is 2.08 bits per heavy atom. The van der Waals surface area contributed by atoms with Crippen LogP contribution in [0.15, 0.2) is 46.9 Å². The van der Waals surface area contributed by atoms with Gasteiger partial charge in [0.25, 0.3) is 0 Å². The number of anilines is 3. The van der Waals surface area contributed by atoms with Crippen LogP contribution in [-0.2, 0) is 4.79 Å². The monoisotopic (exact) mass is 407 g/mol. The molecule has 0 aliphatic rings. The van der Waals surface area contributed by atoms with Crippen molar-refractivity contribution in [2.75, 3.05) is 23.5 Å². The van der Waals surface area contributed by atoms with Crippen molar-refractivity contribution in [2.24, 2.45) is 0 Å². The van der Waals surface area contributed by atoms with E-state index in [1.54, 1.807) is 25.4 Å². The van der Waals surface area contributed by atoms with Gasteiger partial charge >= 0.3 is 0 Å². The van der Waals surface area contributed by atoms with E-state index in [2.05, 4.69) is 25.8 Å². The molecule has 3 rings (SSSR count). The third-order valence-electron chi connectivity index (χ3n) is 3.11. The van der Waals surface area contributed by atoms with Crippen LogP contribution >= 0.6 is 34.7 Å². The molecule has 7 nitrogen and oxygen atoms in total. The smallest absolute Gasteiger partial charge is 0.234 e. The lowest BCUT2D eigenvalue weighted by atomic mass is 10.3. The van der Waals surface area contributed by atoms with Crippen LogP contribution in [0.5, 0.6) is 5.75 Å². The van der Waals surface area contributed by atoms with Gasteiger partial charge in [-0.3, -0.25) is 4.79 Å². The molecule has 26 heavy (non-hydrogen) atoms. The van der Waals surface area contributed by atoms with Crippen molar-refractivity contribution in [3.05, 3.63) is 47.7 Å². The van der Waals surface area contributed by atoms with E-state index in [1.165, 1.54) is 23.1 Å². The van der Waals surface area contributed by atoms with Gasteiger partial charge in [-0.2, -0.15) is 0 Å². The molecule has 3 aromatic rings. The van der Waals surface area contributed by atoms with Gasteiger partial charge in [-0.1, -0.05) is 34.7 Å². The second-order valence-corrected chi connectivity index (χ2v) is 7.46. The molecule has 1 amide bonds. The van der Waals surface area contributed by atoms with Crippen LogP contribution in [0, 0.1) is 0 Å². The predicted octanol–water partition coefficient (Wildman–Crippen LogP) is 4.07. The zero-order valence-corrected chi connectivity index (χ0v) is 16.0. The van der Waals surface area contributed by atoms with Gasteiger partial charge in [0.2, 0.25) is 11.0 Å². The summed E-state index contributed by atoms with van der Waals surface area (Å²) in [6, 6.07) is 10.9. The van der Waals surface area contributed by atoms with E-state index in [1.807, 2.05) is 24.3 Å². The highest BCUT2D eigenvalue weighted by Gasteiger charge is 2.10. The molecular weight excluding hydrogens is 394 g/mol. The quantitative estimate of drug-likeness (QED) is 0.450. The van der Waals surface area contributed by atoms with Crippen molar-refractivity contribution in [2.45, 2.75) is 4.34 Å². The highest BCUT2D eigenvalue weighted by Crippen LogP contribution is 2.28. The number of pyridine rings is 1. The Kier molecular flexibility index (Phi) is 6.26. The molecule has 0 saturated heterocycles. The summed E-state index contributed by atoms with van der Waals surface area (Å²) >= 11 is 8.59. The van der Waals surface area contributed by atoms with Gasteiger partial charge in [-0.05, 0) is 36.4 Å². The second-order valence-electron chi connectivity index (χ2n) is 4.91. The van der Waals surface area contributed by atoms with Crippen LogP contribution in [0.25, 0.3) is 0 Å². The Bertz CT molecular complexity index is 888. The SMILES string of the molecule is COc1ccc(Nc2nnc(SCC(=O)Nc3cccnc3Cl)s2)cc1. The number of methoxy groups -OCH3 is 1. The molecular formula is C16H14ClN5O2S2. The lowest BCUT2D eigenvalue weighted by Crippen LogP contribution is -2.14. The summed E-state index contributed by atoms with van der Waals surface area (Å²) in [4.78, 5) is 15.9. The molecule has 0 saturated carbocycles. The molecule has 0 spiro atoms. The fourth-order valence-electron chi connectivity index (χ4n) is 1.91. The third-order valence-corrected chi connectivity index (χ3v) is 5.38. The number of aromatic nitrogens is 3. The Morgan fingerprint density at radius 1 is 1.27 bits per heavy atom. The molecule has 0 aliphatic carbocycles. The molecule has 2 heterocycles. The minimum Gasteiger partial charge on any atom is -0.497 e. The molecule has 134 valence electrons. The molecule has 0 fully saturated rings. The summed E-state index contributed by atoms with van der Waals surface area (Å²) in [5.74, 6) is 0.788. The van der Waals surface area contributed by atoms with Crippen LogP contribution in [0.3, 0.4) is 0 Å². The Hall–Kier alpha value is -2.36. The number of halogens is 1. The molecule has 0 aliphatic heterocycles. The molecule has 0 unspecified atom stereocenters. The van der Waals surface area contributed by atoms with Crippen LogP contribution in [0.2, 0.25) is 5.15 Å². The van der Waals surface area contributed by atoms with Gasteiger partial charge in [-0.15, -0.1) is 10.2 Å². The van der Waals surface area contributed by atoms with E-state index in [4.69, 9.17) is 16.3 Å². The summed E-state index contributed by atoms with van der Waals surface area (Å²) in [6.45, 7) is 0. The van der Waals surface area contributed by atoms with Crippen molar-refractivity contribution in [3.63, 3.8) is 0 Å². The topological polar surface area (TPSA) is 89.0 Å². The number of hydrogen-bond acceptors (Lipinski definition) is 8. The molecule has 1 aromatic carbocycles. The first-order valence-corrected chi connectivity index (χ1v) is 9.60. The van der Waals surface area contributed by atoms with Gasteiger partial charge in [0.05, 0.1) is 18.6 Å². The highest BCUT2D eigenvalue weighted by molar-refractivity contribution is 8.01. The number of nitrogens with one attached hydrogen (secondary N) is 2. The molecule has 2 N–H and O–H groups in total. The van der Waals surface area contributed by atoms with Crippen LogP contribution in [-0.4, -0.2) is 34.0 Å². The van der Waals surface area contributed by atoms with Crippen molar-refractivity contribution in [1.82, 2.24) is 15.2 Å². The first-order valence-electron chi connectivity index (χ1n) is 7.42.